The van der Waals surface area contributed by atoms with E-state index in [1.54, 1.807) is 0 Å². The standard InChI is InChI=1S/C11H20/c1-7(2)9-10(4,5)11(9)6-8(11)3/h7-9H,6H2,1-5H3. The molecule has 2 fully saturated rings. The van der Waals surface area contributed by atoms with E-state index in [0.29, 0.717) is 5.41 Å². The van der Waals surface area contributed by atoms with Crippen LogP contribution in [0.4, 0.5) is 0 Å². The van der Waals surface area contributed by atoms with Crippen molar-refractivity contribution in [1.29, 1.82) is 0 Å². The van der Waals surface area contributed by atoms with Crippen molar-refractivity contribution in [3.63, 3.8) is 0 Å². The molecule has 2 aliphatic carbocycles. The van der Waals surface area contributed by atoms with Crippen LogP contribution in [0.15, 0.2) is 0 Å². The van der Waals surface area contributed by atoms with Crippen molar-refractivity contribution in [3.8, 4) is 0 Å². The molecule has 0 amide bonds. The summed E-state index contributed by atoms with van der Waals surface area (Å²) in [5.74, 6) is 2.94. The molecule has 0 saturated heterocycles. The normalized spacial score (nSPS) is 51.8. The lowest BCUT2D eigenvalue weighted by atomic mass is 10.0. The number of hydrogen-bond donors (Lipinski definition) is 0. The first-order valence-electron chi connectivity index (χ1n) is 4.94. The van der Waals surface area contributed by atoms with E-state index in [1.807, 2.05) is 0 Å². The molecule has 0 N–H and O–H groups in total. The van der Waals surface area contributed by atoms with Crippen molar-refractivity contribution in [1.82, 2.24) is 0 Å². The molecule has 0 aromatic heterocycles. The highest BCUT2D eigenvalue weighted by Crippen LogP contribution is 2.86. The van der Waals surface area contributed by atoms with Gasteiger partial charge in [0.1, 0.15) is 0 Å². The van der Waals surface area contributed by atoms with Gasteiger partial charge in [0, 0.05) is 0 Å². The second kappa shape index (κ2) is 1.67. The fourth-order valence-electron chi connectivity index (χ4n) is 4.14. The Morgan fingerprint density at radius 1 is 1.27 bits per heavy atom. The Hall–Kier alpha value is 0. The van der Waals surface area contributed by atoms with Crippen LogP contribution >= 0.6 is 0 Å². The molecule has 0 aliphatic heterocycles. The number of rotatable bonds is 1. The fourth-order valence-corrected chi connectivity index (χ4v) is 4.14. The van der Waals surface area contributed by atoms with Gasteiger partial charge in [-0.3, -0.25) is 0 Å². The van der Waals surface area contributed by atoms with E-state index in [0.717, 1.165) is 23.2 Å². The van der Waals surface area contributed by atoms with Crippen LogP contribution in [0.5, 0.6) is 0 Å². The number of hydrogen-bond acceptors (Lipinski definition) is 0. The second-order valence-electron chi connectivity index (χ2n) is 5.59. The van der Waals surface area contributed by atoms with Gasteiger partial charge in [-0.2, -0.15) is 0 Å². The lowest BCUT2D eigenvalue weighted by Crippen LogP contribution is -1.96. The SMILES string of the molecule is CC(C)C1C(C)(C)C12CC2C. The van der Waals surface area contributed by atoms with Gasteiger partial charge in [0.25, 0.3) is 0 Å². The summed E-state index contributed by atoms with van der Waals surface area (Å²) in [6.45, 7) is 12.1. The average Bonchev–Trinajstić information content (AvgIpc) is 2.51. The van der Waals surface area contributed by atoms with Crippen molar-refractivity contribution in [2.45, 2.75) is 41.0 Å². The van der Waals surface area contributed by atoms with Gasteiger partial charge in [0.15, 0.2) is 0 Å². The summed E-state index contributed by atoms with van der Waals surface area (Å²) in [6, 6.07) is 0. The topological polar surface area (TPSA) is 0 Å². The predicted molar refractivity (Wildman–Crippen MR) is 48.3 cm³/mol. The van der Waals surface area contributed by atoms with E-state index in [4.69, 9.17) is 0 Å². The summed E-state index contributed by atoms with van der Waals surface area (Å²) in [4.78, 5) is 0. The molecule has 64 valence electrons. The molecular formula is C11H20. The molecule has 0 nitrogen and oxygen atoms in total. The maximum atomic E-state index is 2.46. The molecule has 2 rings (SSSR count). The minimum absolute atomic E-state index is 0.667. The van der Waals surface area contributed by atoms with E-state index in [2.05, 4.69) is 34.6 Å². The van der Waals surface area contributed by atoms with Crippen LogP contribution < -0.4 is 0 Å². The molecule has 0 aromatic carbocycles. The van der Waals surface area contributed by atoms with E-state index in [9.17, 15) is 0 Å². The van der Waals surface area contributed by atoms with Gasteiger partial charge in [-0.05, 0) is 35.0 Å². The molecule has 2 aliphatic rings. The smallest absolute Gasteiger partial charge is 0.0179 e. The van der Waals surface area contributed by atoms with Gasteiger partial charge < -0.3 is 0 Å². The molecule has 0 heterocycles. The van der Waals surface area contributed by atoms with Gasteiger partial charge in [-0.1, -0.05) is 34.6 Å². The Bertz CT molecular complexity index is 190. The van der Waals surface area contributed by atoms with Crippen LogP contribution in [-0.4, -0.2) is 0 Å². The largest absolute Gasteiger partial charge is 0.0625 e. The zero-order valence-corrected chi connectivity index (χ0v) is 8.44. The Labute approximate surface area is 70.4 Å². The third-order valence-electron chi connectivity index (χ3n) is 4.48. The molecule has 0 aromatic rings. The van der Waals surface area contributed by atoms with Gasteiger partial charge in [-0.15, -0.1) is 0 Å². The van der Waals surface area contributed by atoms with Crippen LogP contribution in [0.25, 0.3) is 0 Å². The quantitative estimate of drug-likeness (QED) is 0.540. The molecule has 0 heteroatoms. The predicted octanol–water partition coefficient (Wildman–Crippen LogP) is 3.32. The van der Waals surface area contributed by atoms with Crippen molar-refractivity contribution in [2.24, 2.45) is 28.6 Å². The molecule has 3 unspecified atom stereocenters. The highest BCUT2D eigenvalue weighted by atomic mass is 14.8. The van der Waals surface area contributed by atoms with Crippen LogP contribution in [-0.2, 0) is 0 Å². The lowest BCUT2D eigenvalue weighted by Gasteiger charge is -2.04. The van der Waals surface area contributed by atoms with Gasteiger partial charge in [-0.25, -0.2) is 0 Å². The van der Waals surface area contributed by atoms with Crippen molar-refractivity contribution >= 4 is 0 Å². The monoisotopic (exact) mass is 152 g/mol. The van der Waals surface area contributed by atoms with Gasteiger partial charge in [0.2, 0.25) is 0 Å². The van der Waals surface area contributed by atoms with Gasteiger partial charge in [0.05, 0.1) is 0 Å². The minimum atomic E-state index is 0.667. The summed E-state index contributed by atoms with van der Waals surface area (Å²) in [7, 11) is 0. The maximum Gasteiger partial charge on any atom is -0.0179 e. The van der Waals surface area contributed by atoms with E-state index >= 15 is 0 Å². The average molecular weight is 152 g/mol. The second-order valence-corrected chi connectivity index (χ2v) is 5.59. The summed E-state index contributed by atoms with van der Waals surface area (Å²) in [5.41, 5.74) is 1.46. The van der Waals surface area contributed by atoms with E-state index in [1.165, 1.54) is 6.42 Å². The highest BCUT2D eigenvalue weighted by Gasteiger charge is 2.81. The first-order chi connectivity index (χ1) is 4.94. The Morgan fingerprint density at radius 2 is 1.73 bits per heavy atom. The first kappa shape index (κ1) is 7.64. The van der Waals surface area contributed by atoms with Crippen LogP contribution in [0.1, 0.15) is 41.0 Å². The summed E-state index contributed by atoms with van der Waals surface area (Å²) >= 11 is 0. The van der Waals surface area contributed by atoms with Crippen molar-refractivity contribution < 1.29 is 0 Å². The zero-order valence-electron chi connectivity index (χ0n) is 8.44. The Kier molecular flexibility index (Phi) is 1.16. The Balaban J connectivity index is 2.18. The highest BCUT2D eigenvalue weighted by molar-refractivity contribution is 5.28. The van der Waals surface area contributed by atoms with Crippen molar-refractivity contribution in [3.05, 3.63) is 0 Å². The molecule has 0 radical (unpaired) electrons. The Morgan fingerprint density at radius 3 is 1.82 bits per heavy atom. The molecule has 11 heavy (non-hydrogen) atoms. The third-order valence-corrected chi connectivity index (χ3v) is 4.48. The van der Waals surface area contributed by atoms with Crippen molar-refractivity contribution in [2.75, 3.05) is 0 Å². The van der Waals surface area contributed by atoms with Crippen LogP contribution in [0, 0.1) is 28.6 Å². The van der Waals surface area contributed by atoms with E-state index in [-0.39, 0.29) is 0 Å². The summed E-state index contributed by atoms with van der Waals surface area (Å²) < 4.78 is 0. The fraction of sp³-hybridized carbons (Fsp3) is 1.00. The summed E-state index contributed by atoms with van der Waals surface area (Å²) in [5, 5.41) is 0. The molecule has 3 atom stereocenters. The first-order valence-corrected chi connectivity index (χ1v) is 4.94. The zero-order chi connectivity index (χ0) is 8.44. The van der Waals surface area contributed by atoms with Gasteiger partial charge >= 0.3 is 0 Å². The maximum absolute atomic E-state index is 2.46. The minimum Gasteiger partial charge on any atom is -0.0625 e. The molecule has 1 spiro atoms. The lowest BCUT2D eigenvalue weighted by molar-refractivity contribution is 0.451. The van der Waals surface area contributed by atoms with E-state index < -0.39 is 0 Å². The molecular weight excluding hydrogens is 132 g/mol. The van der Waals surface area contributed by atoms with Crippen LogP contribution in [0.2, 0.25) is 0 Å². The third kappa shape index (κ3) is 0.625. The molecule has 2 saturated carbocycles. The van der Waals surface area contributed by atoms with Crippen LogP contribution in [0.3, 0.4) is 0 Å². The summed E-state index contributed by atoms with van der Waals surface area (Å²) in [6.07, 6.45) is 1.50. The molecule has 0 bridgehead atoms.